The highest BCUT2D eigenvalue weighted by atomic mass is 16.6. The SMILES string of the molecule is CN(CCOc1ccccc1C1(C(N)=O)CC1)C(=O)OCc1ccccc1. The zero-order chi connectivity index (χ0) is 19.3. The van der Waals surface area contributed by atoms with Crippen LogP contribution >= 0.6 is 0 Å². The van der Waals surface area contributed by atoms with Gasteiger partial charge in [0.2, 0.25) is 5.91 Å². The zero-order valence-electron chi connectivity index (χ0n) is 15.4. The molecule has 0 saturated heterocycles. The Balaban J connectivity index is 1.50. The summed E-state index contributed by atoms with van der Waals surface area (Å²) < 4.78 is 11.1. The molecule has 3 rings (SSSR count). The Morgan fingerprint density at radius 3 is 2.41 bits per heavy atom. The Hall–Kier alpha value is -3.02. The predicted octanol–water partition coefficient (Wildman–Crippen LogP) is 2.85. The van der Waals surface area contributed by atoms with Gasteiger partial charge in [0.25, 0.3) is 0 Å². The molecule has 2 amide bonds. The summed E-state index contributed by atoms with van der Waals surface area (Å²) in [6.45, 7) is 0.892. The van der Waals surface area contributed by atoms with Crippen LogP contribution in [0, 0.1) is 0 Å². The standard InChI is InChI=1S/C21H24N2O4/c1-23(20(25)27-15-16-7-3-2-4-8-16)13-14-26-18-10-6-5-9-17(18)21(11-12-21)19(22)24/h2-10H,11-15H2,1H3,(H2,22,24). The van der Waals surface area contributed by atoms with Gasteiger partial charge >= 0.3 is 6.09 Å². The fraction of sp³-hybridized carbons (Fsp3) is 0.333. The van der Waals surface area contributed by atoms with Crippen molar-refractivity contribution in [3.63, 3.8) is 0 Å². The van der Waals surface area contributed by atoms with Crippen LogP contribution in [0.3, 0.4) is 0 Å². The second-order valence-corrected chi connectivity index (χ2v) is 6.75. The van der Waals surface area contributed by atoms with E-state index in [1.54, 1.807) is 7.05 Å². The van der Waals surface area contributed by atoms with Gasteiger partial charge in [0.05, 0.1) is 12.0 Å². The van der Waals surface area contributed by atoms with E-state index in [1.807, 2.05) is 54.6 Å². The van der Waals surface area contributed by atoms with Crippen LogP contribution in [0.25, 0.3) is 0 Å². The normalized spacial score (nSPS) is 14.3. The first kappa shape index (κ1) is 18.8. The number of ether oxygens (including phenoxy) is 2. The number of nitrogens with two attached hydrogens (primary N) is 1. The van der Waals surface area contributed by atoms with E-state index < -0.39 is 11.5 Å². The molecule has 0 radical (unpaired) electrons. The molecule has 6 heteroatoms. The number of para-hydroxylation sites is 1. The van der Waals surface area contributed by atoms with Crippen molar-refractivity contribution in [3.8, 4) is 5.75 Å². The van der Waals surface area contributed by atoms with Crippen molar-refractivity contribution in [2.24, 2.45) is 5.73 Å². The van der Waals surface area contributed by atoms with E-state index in [4.69, 9.17) is 15.2 Å². The summed E-state index contributed by atoms with van der Waals surface area (Å²) >= 11 is 0. The van der Waals surface area contributed by atoms with Crippen LogP contribution in [0.15, 0.2) is 54.6 Å². The highest BCUT2D eigenvalue weighted by molar-refractivity contribution is 5.90. The molecule has 1 saturated carbocycles. The van der Waals surface area contributed by atoms with E-state index in [9.17, 15) is 9.59 Å². The Morgan fingerprint density at radius 1 is 1.07 bits per heavy atom. The second-order valence-electron chi connectivity index (χ2n) is 6.75. The van der Waals surface area contributed by atoms with Crippen LogP contribution in [0.1, 0.15) is 24.0 Å². The Labute approximate surface area is 158 Å². The van der Waals surface area contributed by atoms with Gasteiger partial charge in [0, 0.05) is 12.6 Å². The van der Waals surface area contributed by atoms with E-state index in [-0.39, 0.29) is 12.5 Å². The van der Waals surface area contributed by atoms with Gasteiger partial charge in [-0.15, -0.1) is 0 Å². The largest absolute Gasteiger partial charge is 0.491 e. The zero-order valence-corrected chi connectivity index (χ0v) is 15.4. The monoisotopic (exact) mass is 368 g/mol. The Bertz CT molecular complexity index is 803. The number of hydrogen-bond donors (Lipinski definition) is 1. The predicted molar refractivity (Wildman–Crippen MR) is 101 cm³/mol. The first-order chi connectivity index (χ1) is 13.0. The summed E-state index contributed by atoms with van der Waals surface area (Å²) in [6.07, 6.45) is 1.08. The average molecular weight is 368 g/mol. The molecule has 1 aliphatic carbocycles. The average Bonchev–Trinajstić information content (AvgIpc) is 3.49. The van der Waals surface area contributed by atoms with Crippen LogP contribution in [-0.4, -0.2) is 37.1 Å². The molecule has 1 fully saturated rings. The minimum Gasteiger partial charge on any atom is -0.491 e. The minimum atomic E-state index is -0.600. The number of benzene rings is 2. The minimum absolute atomic E-state index is 0.231. The van der Waals surface area contributed by atoms with Gasteiger partial charge in [0.15, 0.2) is 0 Å². The third kappa shape index (κ3) is 4.39. The van der Waals surface area contributed by atoms with E-state index in [0.29, 0.717) is 18.9 Å². The van der Waals surface area contributed by atoms with Crippen molar-refractivity contribution < 1.29 is 19.1 Å². The molecule has 2 aromatic rings. The lowest BCUT2D eigenvalue weighted by molar-refractivity contribution is -0.120. The van der Waals surface area contributed by atoms with Crippen molar-refractivity contribution in [1.82, 2.24) is 4.90 Å². The maximum Gasteiger partial charge on any atom is 0.409 e. The Morgan fingerprint density at radius 2 is 1.74 bits per heavy atom. The van der Waals surface area contributed by atoms with Gasteiger partial charge in [-0.3, -0.25) is 4.79 Å². The van der Waals surface area contributed by atoms with Crippen LogP contribution < -0.4 is 10.5 Å². The summed E-state index contributed by atoms with van der Waals surface area (Å²) in [6, 6.07) is 17.0. The number of nitrogens with zero attached hydrogens (tertiary/aromatic N) is 1. The molecule has 0 atom stereocenters. The summed E-state index contributed by atoms with van der Waals surface area (Å²) in [5, 5.41) is 0. The van der Waals surface area contributed by atoms with Crippen molar-refractivity contribution in [1.29, 1.82) is 0 Å². The fourth-order valence-corrected chi connectivity index (χ4v) is 2.97. The maximum absolute atomic E-state index is 12.1. The molecule has 27 heavy (non-hydrogen) atoms. The molecule has 2 aromatic carbocycles. The number of amides is 2. The molecule has 2 N–H and O–H groups in total. The summed E-state index contributed by atoms with van der Waals surface area (Å²) in [5.41, 5.74) is 6.73. The molecule has 6 nitrogen and oxygen atoms in total. The molecule has 1 aliphatic rings. The van der Waals surface area contributed by atoms with Gasteiger partial charge in [-0.2, -0.15) is 0 Å². The molecule has 142 valence electrons. The van der Waals surface area contributed by atoms with Crippen LogP contribution in [0.2, 0.25) is 0 Å². The second kappa shape index (κ2) is 8.12. The highest BCUT2D eigenvalue weighted by Crippen LogP contribution is 2.50. The third-order valence-electron chi connectivity index (χ3n) is 4.83. The lowest BCUT2D eigenvalue weighted by Gasteiger charge is -2.20. The number of carbonyl (C=O) groups excluding carboxylic acids is 2. The third-order valence-corrected chi connectivity index (χ3v) is 4.83. The lowest BCUT2D eigenvalue weighted by atomic mass is 9.94. The van der Waals surface area contributed by atoms with Crippen molar-refractivity contribution in [2.45, 2.75) is 24.9 Å². The summed E-state index contributed by atoms with van der Waals surface area (Å²) in [7, 11) is 1.66. The summed E-state index contributed by atoms with van der Waals surface area (Å²) in [4.78, 5) is 25.3. The number of hydrogen-bond acceptors (Lipinski definition) is 4. The van der Waals surface area contributed by atoms with Crippen molar-refractivity contribution in [2.75, 3.05) is 20.2 Å². The molecule has 0 unspecified atom stereocenters. The van der Waals surface area contributed by atoms with Crippen LogP contribution in [0.5, 0.6) is 5.75 Å². The van der Waals surface area contributed by atoms with E-state index >= 15 is 0 Å². The lowest BCUT2D eigenvalue weighted by Crippen LogP contribution is -2.32. The van der Waals surface area contributed by atoms with E-state index in [2.05, 4.69) is 0 Å². The highest BCUT2D eigenvalue weighted by Gasteiger charge is 2.51. The van der Waals surface area contributed by atoms with E-state index in [1.165, 1.54) is 4.90 Å². The summed E-state index contributed by atoms with van der Waals surface area (Å²) in [5.74, 6) is 0.319. The molecular weight excluding hydrogens is 344 g/mol. The van der Waals surface area contributed by atoms with Crippen LogP contribution in [0.4, 0.5) is 4.79 Å². The first-order valence-corrected chi connectivity index (χ1v) is 8.97. The van der Waals surface area contributed by atoms with Gasteiger partial charge in [0.1, 0.15) is 19.0 Å². The van der Waals surface area contributed by atoms with Crippen molar-refractivity contribution >= 4 is 12.0 Å². The number of carbonyl (C=O) groups is 2. The van der Waals surface area contributed by atoms with Gasteiger partial charge in [-0.25, -0.2) is 4.79 Å². The fourth-order valence-electron chi connectivity index (χ4n) is 2.97. The van der Waals surface area contributed by atoms with Gasteiger partial charge < -0.3 is 20.1 Å². The molecule has 0 aromatic heterocycles. The molecule has 0 bridgehead atoms. The molecule has 0 spiro atoms. The topological polar surface area (TPSA) is 81.9 Å². The molecule has 0 aliphatic heterocycles. The number of primary amides is 1. The smallest absolute Gasteiger partial charge is 0.409 e. The number of rotatable bonds is 8. The Kier molecular flexibility index (Phi) is 5.64. The van der Waals surface area contributed by atoms with Gasteiger partial charge in [-0.1, -0.05) is 48.5 Å². The molecule has 0 heterocycles. The van der Waals surface area contributed by atoms with E-state index in [0.717, 1.165) is 24.0 Å². The van der Waals surface area contributed by atoms with Crippen LogP contribution in [-0.2, 0) is 21.6 Å². The number of likely N-dealkylation sites (N-methyl/N-ethyl adjacent to an activating group) is 1. The molecular formula is C21H24N2O4. The maximum atomic E-state index is 12.1. The van der Waals surface area contributed by atoms with Crippen molar-refractivity contribution in [3.05, 3.63) is 65.7 Å². The first-order valence-electron chi connectivity index (χ1n) is 8.97. The quantitative estimate of drug-likeness (QED) is 0.777. The van der Waals surface area contributed by atoms with Gasteiger partial charge in [-0.05, 0) is 24.5 Å².